The van der Waals surface area contributed by atoms with Gasteiger partial charge in [0.15, 0.2) is 0 Å². The quantitative estimate of drug-likeness (QED) is 0.645. The largest absolute Gasteiger partial charge is 0.377 e. The number of carbonyl (C=O) groups excluding carboxylic acids is 1. The number of primary amides is 1. The summed E-state index contributed by atoms with van der Waals surface area (Å²) in [6.45, 7) is 0. The van der Waals surface area contributed by atoms with E-state index in [0.717, 1.165) is 19.3 Å². The first kappa shape index (κ1) is 17.0. The van der Waals surface area contributed by atoms with Crippen LogP contribution in [0.3, 0.4) is 0 Å². The fraction of sp³-hybridized carbons (Fsp3) is 0.200. The van der Waals surface area contributed by atoms with Crippen LogP contribution in [0.15, 0.2) is 55.1 Å². The second kappa shape index (κ2) is 7.41. The Morgan fingerprint density at radius 2 is 2.00 bits per heavy atom. The van der Waals surface area contributed by atoms with Gasteiger partial charge in [-0.05, 0) is 30.4 Å². The summed E-state index contributed by atoms with van der Waals surface area (Å²) in [6, 6.07) is 10.3. The monoisotopic (exact) mass is 360 g/mol. The molecule has 7 nitrogen and oxygen atoms in total. The molecule has 0 fully saturated rings. The lowest BCUT2D eigenvalue weighted by Crippen LogP contribution is -2.21. The number of aromatic nitrogens is 3. The molecule has 1 aliphatic rings. The maximum absolute atomic E-state index is 11.9. The zero-order valence-corrected chi connectivity index (χ0v) is 14.7. The molecule has 1 amide bonds. The lowest BCUT2D eigenvalue weighted by Gasteiger charge is -2.28. The van der Waals surface area contributed by atoms with Gasteiger partial charge < -0.3 is 16.4 Å². The minimum absolute atomic E-state index is 0.125. The van der Waals surface area contributed by atoms with Crippen molar-refractivity contribution >= 4 is 23.2 Å². The molecule has 4 N–H and O–H groups in total. The molecule has 0 saturated carbocycles. The van der Waals surface area contributed by atoms with E-state index in [1.807, 2.05) is 6.07 Å². The predicted molar refractivity (Wildman–Crippen MR) is 104 cm³/mol. The van der Waals surface area contributed by atoms with Crippen molar-refractivity contribution < 1.29 is 4.79 Å². The number of rotatable bonds is 5. The first-order valence-electron chi connectivity index (χ1n) is 8.88. The van der Waals surface area contributed by atoms with E-state index in [1.54, 1.807) is 24.7 Å². The van der Waals surface area contributed by atoms with Gasteiger partial charge in [-0.3, -0.25) is 9.78 Å². The molecule has 0 radical (unpaired) electrons. The highest BCUT2D eigenvalue weighted by atomic mass is 16.1. The topological polar surface area (TPSA) is 106 Å². The van der Waals surface area contributed by atoms with E-state index < -0.39 is 5.91 Å². The molecule has 2 heterocycles. The van der Waals surface area contributed by atoms with Crippen molar-refractivity contribution in [3.63, 3.8) is 0 Å². The van der Waals surface area contributed by atoms with Crippen LogP contribution >= 0.6 is 0 Å². The second-order valence-electron chi connectivity index (χ2n) is 6.48. The maximum atomic E-state index is 11.9. The number of nitrogens with zero attached hydrogens (tertiary/aromatic N) is 3. The average Bonchev–Trinajstić information content (AvgIpc) is 2.69. The van der Waals surface area contributed by atoms with Crippen LogP contribution in [-0.4, -0.2) is 20.9 Å². The lowest BCUT2D eigenvalue weighted by atomic mass is 9.87. The standard InChI is InChI=1S/C20H20N6O/c21-20(27)15-11-24-18(26-19-12-22-8-9-23-19)10-17(15)25-16-7-3-5-13-4-1-2-6-14(13)16/h1-2,4,6,8-12,16H,3,5,7H2,(H2,21,27)(H2,23,24,25,26). The molecule has 7 heteroatoms. The Hall–Kier alpha value is -3.48. The molecule has 0 spiro atoms. The number of nitrogens with one attached hydrogen (secondary N) is 2. The van der Waals surface area contributed by atoms with Gasteiger partial charge in [-0.25, -0.2) is 9.97 Å². The minimum atomic E-state index is -0.514. The maximum Gasteiger partial charge on any atom is 0.252 e. The van der Waals surface area contributed by atoms with Crippen LogP contribution < -0.4 is 16.4 Å². The number of benzene rings is 1. The number of carbonyl (C=O) groups is 1. The Kier molecular flexibility index (Phi) is 4.65. The molecule has 1 unspecified atom stereocenters. The number of amides is 1. The average molecular weight is 360 g/mol. The summed E-state index contributed by atoms with van der Waals surface area (Å²) in [4.78, 5) is 24.4. The van der Waals surface area contributed by atoms with Gasteiger partial charge in [-0.2, -0.15) is 0 Å². The number of fused-ring (bicyclic) bond motifs is 1. The van der Waals surface area contributed by atoms with Crippen LogP contribution in [0.25, 0.3) is 0 Å². The van der Waals surface area contributed by atoms with Gasteiger partial charge in [0.1, 0.15) is 11.6 Å². The summed E-state index contributed by atoms with van der Waals surface area (Å²) in [6.07, 6.45) is 9.44. The van der Waals surface area contributed by atoms with Gasteiger partial charge in [0.25, 0.3) is 5.91 Å². The molecular weight excluding hydrogens is 340 g/mol. The Labute approximate surface area is 157 Å². The van der Waals surface area contributed by atoms with Gasteiger partial charge in [-0.15, -0.1) is 0 Å². The van der Waals surface area contributed by atoms with Crippen molar-refractivity contribution in [1.29, 1.82) is 0 Å². The fourth-order valence-corrected chi connectivity index (χ4v) is 3.43. The summed E-state index contributed by atoms with van der Waals surface area (Å²) >= 11 is 0. The van der Waals surface area contributed by atoms with Crippen LogP contribution in [-0.2, 0) is 6.42 Å². The summed E-state index contributed by atoms with van der Waals surface area (Å²) in [7, 11) is 0. The summed E-state index contributed by atoms with van der Waals surface area (Å²) in [5, 5.41) is 6.59. The Balaban J connectivity index is 1.65. The van der Waals surface area contributed by atoms with Gasteiger partial charge in [0.2, 0.25) is 0 Å². The molecule has 1 aliphatic carbocycles. The van der Waals surface area contributed by atoms with Crippen molar-refractivity contribution in [3.8, 4) is 0 Å². The molecule has 0 aliphatic heterocycles. The van der Waals surface area contributed by atoms with Crippen molar-refractivity contribution in [3.05, 3.63) is 71.8 Å². The molecule has 1 aromatic carbocycles. The Bertz CT molecular complexity index is 960. The van der Waals surface area contributed by atoms with Crippen LogP contribution in [0.5, 0.6) is 0 Å². The van der Waals surface area contributed by atoms with Crippen molar-refractivity contribution in [2.75, 3.05) is 10.6 Å². The minimum Gasteiger partial charge on any atom is -0.377 e. The number of hydrogen-bond donors (Lipinski definition) is 3. The number of pyridine rings is 1. The lowest BCUT2D eigenvalue weighted by molar-refractivity contribution is 0.100. The molecule has 0 bridgehead atoms. The molecule has 2 aromatic heterocycles. The Morgan fingerprint density at radius 1 is 1.11 bits per heavy atom. The van der Waals surface area contributed by atoms with E-state index >= 15 is 0 Å². The summed E-state index contributed by atoms with van der Waals surface area (Å²) in [5.74, 6) is 0.623. The SMILES string of the molecule is NC(=O)c1cnc(Nc2cnccn2)cc1NC1CCCc2ccccc21. The van der Waals surface area contributed by atoms with Crippen LogP contribution in [0, 0.1) is 0 Å². The first-order chi connectivity index (χ1) is 13.2. The van der Waals surface area contributed by atoms with Gasteiger partial charge in [0, 0.05) is 24.7 Å². The van der Waals surface area contributed by atoms with Gasteiger partial charge >= 0.3 is 0 Å². The molecule has 4 rings (SSSR count). The van der Waals surface area contributed by atoms with Crippen LogP contribution in [0.2, 0.25) is 0 Å². The van der Waals surface area contributed by atoms with Crippen LogP contribution in [0.1, 0.15) is 40.4 Å². The van der Waals surface area contributed by atoms with Gasteiger partial charge in [-0.1, -0.05) is 24.3 Å². The highest BCUT2D eigenvalue weighted by Crippen LogP contribution is 2.33. The molecule has 0 saturated heterocycles. The zero-order valence-electron chi connectivity index (χ0n) is 14.7. The number of aryl methyl sites for hydroxylation is 1. The summed E-state index contributed by atoms with van der Waals surface area (Å²) < 4.78 is 0. The first-order valence-corrected chi connectivity index (χ1v) is 8.88. The van der Waals surface area contributed by atoms with E-state index in [1.165, 1.54) is 17.3 Å². The normalized spacial score (nSPS) is 15.6. The highest BCUT2D eigenvalue weighted by molar-refractivity contribution is 5.98. The van der Waals surface area contributed by atoms with Gasteiger partial charge in [0.05, 0.1) is 23.5 Å². The van der Waals surface area contributed by atoms with E-state index in [4.69, 9.17) is 5.73 Å². The third kappa shape index (κ3) is 3.72. The summed E-state index contributed by atoms with van der Waals surface area (Å²) in [5.41, 5.74) is 9.18. The number of anilines is 3. The van der Waals surface area contributed by atoms with E-state index in [9.17, 15) is 4.79 Å². The smallest absolute Gasteiger partial charge is 0.252 e. The molecule has 1 atom stereocenters. The molecule has 3 aromatic rings. The number of hydrogen-bond acceptors (Lipinski definition) is 6. The molecular formula is C20H20N6O. The molecule has 136 valence electrons. The molecule has 27 heavy (non-hydrogen) atoms. The highest BCUT2D eigenvalue weighted by Gasteiger charge is 2.21. The fourth-order valence-electron chi connectivity index (χ4n) is 3.43. The third-order valence-corrected chi connectivity index (χ3v) is 4.69. The van der Waals surface area contributed by atoms with Crippen molar-refractivity contribution in [1.82, 2.24) is 15.0 Å². The third-order valence-electron chi connectivity index (χ3n) is 4.69. The Morgan fingerprint density at radius 3 is 2.81 bits per heavy atom. The van der Waals surface area contributed by atoms with E-state index in [0.29, 0.717) is 22.9 Å². The van der Waals surface area contributed by atoms with E-state index in [2.05, 4.69) is 43.8 Å². The predicted octanol–water partition coefficient (Wildman–Crippen LogP) is 3.20. The second-order valence-corrected chi connectivity index (χ2v) is 6.48. The van der Waals surface area contributed by atoms with Crippen molar-refractivity contribution in [2.45, 2.75) is 25.3 Å². The number of nitrogens with two attached hydrogens (primary N) is 1. The van der Waals surface area contributed by atoms with E-state index in [-0.39, 0.29) is 6.04 Å². The van der Waals surface area contributed by atoms with Crippen molar-refractivity contribution in [2.24, 2.45) is 5.73 Å². The van der Waals surface area contributed by atoms with Crippen LogP contribution in [0.4, 0.5) is 17.3 Å². The zero-order chi connectivity index (χ0) is 18.6.